The standard InChI is InChI=1S/C7H10F5NO/c1-13-3-2-5(6(8,9)4-13)14-7(10,11)12/h5H,2-4H2,1H3/t5-/m0/s1. The lowest BCUT2D eigenvalue weighted by atomic mass is 10.0. The van der Waals surface area contributed by atoms with Gasteiger partial charge in [-0.05, 0) is 13.5 Å². The van der Waals surface area contributed by atoms with E-state index in [0.717, 1.165) is 0 Å². The Bertz CT molecular complexity index is 205. The number of piperidine rings is 1. The Morgan fingerprint density at radius 1 is 1.36 bits per heavy atom. The molecule has 84 valence electrons. The third-order valence-electron chi connectivity index (χ3n) is 2.00. The fraction of sp³-hybridized carbons (Fsp3) is 1.00. The fourth-order valence-electron chi connectivity index (χ4n) is 1.40. The zero-order chi connectivity index (χ0) is 11.0. The number of hydrogen-bond donors (Lipinski definition) is 0. The van der Waals surface area contributed by atoms with Gasteiger partial charge in [0.2, 0.25) is 0 Å². The lowest BCUT2D eigenvalue weighted by molar-refractivity contribution is -0.370. The normalized spacial score (nSPS) is 29.1. The maximum atomic E-state index is 13.0. The molecule has 1 heterocycles. The summed E-state index contributed by atoms with van der Waals surface area (Å²) in [6.45, 7) is -0.524. The second-order valence-corrected chi connectivity index (χ2v) is 3.34. The monoisotopic (exact) mass is 219 g/mol. The van der Waals surface area contributed by atoms with Gasteiger partial charge in [-0.25, -0.2) is 8.78 Å². The number of rotatable bonds is 1. The van der Waals surface area contributed by atoms with Crippen LogP contribution in [0, 0.1) is 0 Å². The first-order chi connectivity index (χ1) is 6.21. The summed E-state index contributed by atoms with van der Waals surface area (Å²) in [5.74, 6) is -3.44. The molecule has 0 saturated carbocycles. The minimum atomic E-state index is -5.00. The van der Waals surface area contributed by atoms with E-state index in [1.165, 1.54) is 11.9 Å². The van der Waals surface area contributed by atoms with Crippen molar-refractivity contribution in [1.82, 2.24) is 4.90 Å². The highest BCUT2D eigenvalue weighted by Gasteiger charge is 2.49. The number of halogens is 5. The van der Waals surface area contributed by atoms with Crippen molar-refractivity contribution in [3.8, 4) is 0 Å². The highest BCUT2D eigenvalue weighted by Crippen LogP contribution is 2.33. The summed E-state index contributed by atoms with van der Waals surface area (Å²) in [4.78, 5) is 1.27. The minimum Gasteiger partial charge on any atom is -0.300 e. The van der Waals surface area contributed by atoms with Gasteiger partial charge in [-0.1, -0.05) is 0 Å². The lowest BCUT2D eigenvalue weighted by Crippen LogP contribution is -2.52. The number of hydrogen-bond acceptors (Lipinski definition) is 2. The lowest BCUT2D eigenvalue weighted by Gasteiger charge is -2.36. The van der Waals surface area contributed by atoms with Gasteiger partial charge in [0, 0.05) is 6.54 Å². The summed E-state index contributed by atoms with van der Waals surface area (Å²) in [6.07, 6.45) is -7.37. The number of likely N-dealkylation sites (tertiary alicyclic amines) is 1. The topological polar surface area (TPSA) is 12.5 Å². The Balaban J connectivity index is 2.61. The molecule has 0 bridgehead atoms. The van der Waals surface area contributed by atoms with E-state index in [-0.39, 0.29) is 13.0 Å². The van der Waals surface area contributed by atoms with E-state index in [0.29, 0.717) is 0 Å². The Labute approximate surface area is 77.6 Å². The summed E-state index contributed by atoms with van der Waals surface area (Å²) in [7, 11) is 1.43. The van der Waals surface area contributed by atoms with Crippen molar-refractivity contribution in [3.05, 3.63) is 0 Å². The fourth-order valence-corrected chi connectivity index (χ4v) is 1.40. The quantitative estimate of drug-likeness (QED) is 0.624. The van der Waals surface area contributed by atoms with Gasteiger partial charge < -0.3 is 4.90 Å². The molecule has 0 aromatic heterocycles. The first-order valence-electron chi connectivity index (χ1n) is 4.01. The summed E-state index contributed by atoms with van der Waals surface area (Å²) >= 11 is 0. The minimum absolute atomic E-state index is 0.177. The third-order valence-corrected chi connectivity index (χ3v) is 2.00. The SMILES string of the molecule is CN1CC[C@H](OC(F)(F)F)C(F)(F)C1. The van der Waals surface area contributed by atoms with Crippen LogP contribution in [0.25, 0.3) is 0 Å². The smallest absolute Gasteiger partial charge is 0.300 e. The molecule has 1 aliphatic heterocycles. The Morgan fingerprint density at radius 2 is 1.93 bits per heavy atom. The predicted octanol–water partition coefficient (Wildman–Crippen LogP) is 1.86. The van der Waals surface area contributed by atoms with E-state index in [1.54, 1.807) is 0 Å². The maximum Gasteiger partial charge on any atom is 0.522 e. The van der Waals surface area contributed by atoms with Crippen molar-refractivity contribution in [2.75, 3.05) is 20.1 Å². The van der Waals surface area contributed by atoms with E-state index in [1.807, 2.05) is 0 Å². The average Bonchev–Trinajstić information content (AvgIpc) is 1.91. The van der Waals surface area contributed by atoms with Crippen molar-refractivity contribution in [2.24, 2.45) is 0 Å². The maximum absolute atomic E-state index is 13.0. The highest BCUT2D eigenvalue weighted by molar-refractivity contribution is 4.86. The van der Waals surface area contributed by atoms with Gasteiger partial charge in [-0.2, -0.15) is 0 Å². The molecular formula is C7H10F5NO. The van der Waals surface area contributed by atoms with Gasteiger partial charge in [-0.3, -0.25) is 4.74 Å². The van der Waals surface area contributed by atoms with E-state index in [9.17, 15) is 22.0 Å². The summed E-state index contributed by atoms with van der Waals surface area (Å²) in [6, 6.07) is 0. The number of alkyl halides is 5. The van der Waals surface area contributed by atoms with E-state index in [2.05, 4.69) is 4.74 Å². The van der Waals surface area contributed by atoms with E-state index in [4.69, 9.17) is 0 Å². The van der Waals surface area contributed by atoms with Gasteiger partial charge in [0.25, 0.3) is 5.92 Å². The first kappa shape index (κ1) is 11.6. The molecule has 0 radical (unpaired) electrons. The molecule has 0 spiro atoms. The highest BCUT2D eigenvalue weighted by atomic mass is 19.4. The molecule has 1 fully saturated rings. The third kappa shape index (κ3) is 3.06. The van der Waals surface area contributed by atoms with E-state index < -0.39 is 24.9 Å². The largest absolute Gasteiger partial charge is 0.522 e. The molecule has 0 amide bonds. The molecule has 0 aromatic carbocycles. The van der Waals surface area contributed by atoms with Crippen LogP contribution in [0.15, 0.2) is 0 Å². The Morgan fingerprint density at radius 3 is 2.36 bits per heavy atom. The molecule has 1 saturated heterocycles. The predicted molar refractivity (Wildman–Crippen MR) is 38.0 cm³/mol. The molecule has 0 N–H and O–H groups in total. The van der Waals surface area contributed by atoms with Crippen LogP contribution >= 0.6 is 0 Å². The van der Waals surface area contributed by atoms with Gasteiger partial charge in [0.15, 0.2) is 0 Å². The molecular weight excluding hydrogens is 209 g/mol. The van der Waals surface area contributed by atoms with Crippen LogP contribution in [-0.2, 0) is 4.74 Å². The number of nitrogens with zero attached hydrogens (tertiary/aromatic N) is 1. The number of ether oxygens (including phenoxy) is 1. The first-order valence-corrected chi connectivity index (χ1v) is 4.01. The zero-order valence-corrected chi connectivity index (χ0v) is 7.44. The van der Waals surface area contributed by atoms with Crippen molar-refractivity contribution >= 4 is 0 Å². The van der Waals surface area contributed by atoms with Crippen LogP contribution in [0.2, 0.25) is 0 Å². The molecule has 1 aliphatic rings. The van der Waals surface area contributed by atoms with Crippen LogP contribution in [0.4, 0.5) is 22.0 Å². The Hall–Kier alpha value is -0.430. The zero-order valence-electron chi connectivity index (χ0n) is 7.44. The van der Waals surface area contributed by atoms with Gasteiger partial charge in [0.05, 0.1) is 6.54 Å². The summed E-state index contributed by atoms with van der Waals surface area (Å²) in [5, 5.41) is 0. The van der Waals surface area contributed by atoms with Gasteiger partial charge in [0.1, 0.15) is 6.10 Å². The molecule has 0 aromatic rings. The second-order valence-electron chi connectivity index (χ2n) is 3.34. The van der Waals surface area contributed by atoms with Gasteiger partial charge in [-0.15, -0.1) is 13.2 Å². The van der Waals surface area contributed by atoms with Crippen LogP contribution < -0.4 is 0 Å². The summed E-state index contributed by atoms with van der Waals surface area (Å²) < 4.78 is 64.5. The molecule has 7 heteroatoms. The van der Waals surface area contributed by atoms with Crippen molar-refractivity contribution < 1.29 is 26.7 Å². The van der Waals surface area contributed by atoms with Crippen molar-refractivity contribution in [1.29, 1.82) is 0 Å². The van der Waals surface area contributed by atoms with Crippen molar-refractivity contribution in [2.45, 2.75) is 24.8 Å². The molecule has 0 aliphatic carbocycles. The summed E-state index contributed by atoms with van der Waals surface area (Å²) in [5.41, 5.74) is 0. The van der Waals surface area contributed by atoms with E-state index >= 15 is 0 Å². The van der Waals surface area contributed by atoms with Gasteiger partial charge >= 0.3 is 6.36 Å². The van der Waals surface area contributed by atoms with Crippen LogP contribution in [-0.4, -0.2) is 43.4 Å². The van der Waals surface area contributed by atoms with Crippen LogP contribution in [0.1, 0.15) is 6.42 Å². The molecule has 1 atom stereocenters. The Kier molecular flexibility index (Phi) is 3.01. The second kappa shape index (κ2) is 3.62. The average molecular weight is 219 g/mol. The molecule has 0 unspecified atom stereocenters. The van der Waals surface area contributed by atoms with Crippen LogP contribution in [0.3, 0.4) is 0 Å². The van der Waals surface area contributed by atoms with Crippen LogP contribution in [0.5, 0.6) is 0 Å². The molecule has 1 rings (SSSR count). The van der Waals surface area contributed by atoms with Crippen molar-refractivity contribution in [3.63, 3.8) is 0 Å². The molecule has 14 heavy (non-hydrogen) atoms. The molecule has 2 nitrogen and oxygen atoms in total.